The number of hydrogen-bond donors (Lipinski definition) is 1. The van der Waals surface area contributed by atoms with Crippen LogP contribution in [-0.4, -0.2) is 20.8 Å². The maximum Gasteiger partial charge on any atom is 0.212 e. The molecule has 2 aromatic carbocycles. The second kappa shape index (κ2) is 6.98. The molecule has 3 heterocycles. The van der Waals surface area contributed by atoms with E-state index in [1.165, 1.54) is 65.6 Å². The maximum atomic E-state index is 3.68. The monoisotopic (exact) mass is 385 g/mol. The lowest BCUT2D eigenvalue weighted by atomic mass is 9.96. The van der Waals surface area contributed by atoms with E-state index in [-0.39, 0.29) is 0 Å². The van der Waals surface area contributed by atoms with Gasteiger partial charge < -0.3 is 5.32 Å². The Balaban J connectivity index is 1.63. The summed E-state index contributed by atoms with van der Waals surface area (Å²) in [5.41, 5.74) is 8.26. The van der Waals surface area contributed by atoms with E-state index in [1.807, 2.05) is 0 Å². The lowest BCUT2D eigenvalue weighted by Crippen LogP contribution is -2.56. The number of hydrogen-bond acceptors (Lipinski definition) is 1. The fourth-order valence-corrected chi connectivity index (χ4v) is 10.1. The molecule has 1 fully saturated rings. The number of rotatable bonds is 2. The van der Waals surface area contributed by atoms with E-state index in [4.69, 9.17) is 0 Å². The van der Waals surface area contributed by atoms with E-state index >= 15 is 0 Å². The van der Waals surface area contributed by atoms with Crippen LogP contribution in [0, 0.1) is 6.92 Å². The Morgan fingerprint density at radius 2 is 1.82 bits per heavy atom. The molecule has 1 unspecified atom stereocenters. The molecule has 142 valence electrons. The van der Waals surface area contributed by atoms with Crippen molar-refractivity contribution in [3.05, 3.63) is 71.9 Å². The van der Waals surface area contributed by atoms with Gasteiger partial charge in [0.15, 0.2) is 6.20 Å². The van der Waals surface area contributed by atoms with Gasteiger partial charge in [-0.2, -0.15) is 0 Å². The highest BCUT2D eigenvalue weighted by atomic mass is 28.3. The van der Waals surface area contributed by atoms with Gasteiger partial charge in [0.1, 0.15) is 15.1 Å². The van der Waals surface area contributed by atoms with Crippen molar-refractivity contribution in [3.8, 4) is 22.4 Å². The lowest BCUT2D eigenvalue weighted by Gasteiger charge is -2.32. The zero-order valence-electron chi connectivity index (χ0n) is 17.0. The zero-order valence-corrected chi connectivity index (χ0v) is 18.0. The van der Waals surface area contributed by atoms with Crippen LogP contribution in [0.5, 0.6) is 0 Å². The highest BCUT2D eigenvalue weighted by Crippen LogP contribution is 2.31. The largest absolute Gasteiger partial charge is 0.319 e. The molecule has 1 spiro atoms. The number of nitrogens with one attached hydrogen (secondary N) is 1. The summed E-state index contributed by atoms with van der Waals surface area (Å²) < 4.78 is 2.40. The van der Waals surface area contributed by atoms with Gasteiger partial charge in [0.25, 0.3) is 0 Å². The minimum atomic E-state index is -1.30. The average molecular weight is 386 g/mol. The van der Waals surface area contributed by atoms with Crippen molar-refractivity contribution in [2.75, 3.05) is 12.7 Å². The summed E-state index contributed by atoms with van der Waals surface area (Å²) in [6.45, 7) is 3.45. The van der Waals surface area contributed by atoms with Crippen molar-refractivity contribution in [1.82, 2.24) is 5.32 Å². The standard InChI is InChI=1S/C25H29N2Si/c1-19-10-11-21(20-7-4-3-5-8-20)15-23(19)24-16-22-9-6-13-28(14-12-26-18-28)25(22)17-27(24)2/h3-5,7-8,10-11,15-17,26H,6,9,12-14,18H2,1-2H3/q+1. The van der Waals surface area contributed by atoms with Crippen molar-refractivity contribution < 1.29 is 4.57 Å². The van der Waals surface area contributed by atoms with Gasteiger partial charge >= 0.3 is 0 Å². The van der Waals surface area contributed by atoms with Gasteiger partial charge in [-0.3, -0.25) is 0 Å². The summed E-state index contributed by atoms with van der Waals surface area (Å²) in [6.07, 6.45) is 6.39. The fraction of sp³-hybridized carbons (Fsp3) is 0.320. The van der Waals surface area contributed by atoms with E-state index in [0.29, 0.717) is 0 Å². The second-order valence-corrected chi connectivity index (χ2v) is 13.1. The molecule has 2 aliphatic rings. The zero-order chi connectivity index (χ0) is 19.1. The number of nitrogens with zero attached hydrogens (tertiary/aromatic N) is 1. The molecule has 0 amide bonds. The smallest absolute Gasteiger partial charge is 0.212 e. The van der Waals surface area contributed by atoms with Gasteiger partial charge in [0, 0.05) is 16.8 Å². The van der Waals surface area contributed by atoms with Crippen molar-refractivity contribution in [2.24, 2.45) is 7.05 Å². The van der Waals surface area contributed by atoms with Crippen molar-refractivity contribution in [2.45, 2.75) is 31.9 Å². The summed E-state index contributed by atoms with van der Waals surface area (Å²) in [7, 11) is 0.935. The van der Waals surface area contributed by atoms with Gasteiger partial charge in [-0.05, 0) is 60.4 Å². The quantitative estimate of drug-likeness (QED) is 0.523. The SMILES string of the molecule is Cc1ccc(-c2ccccc2)cc1-c1cc2c(c[n+]1C)[Si]1(CCC2)CCNC1. The topological polar surface area (TPSA) is 15.9 Å². The average Bonchev–Trinajstić information content (AvgIpc) is 3.19. The predicted octanol–water partition coefficient (Wildman–Crippen LogP) is 3.90. The molecule has 2 aliphatic heterocycles. The van der Waals surface area contributed by atoms with Crippen molar-refractivity contribution in [1.29, 1.82) is 0 Å². The molecule has 3 heteroatoms. The first kappa shape index (κ1) is 17.8. The highest BCUT2D eigenvalue weighted by molar-refractivity contribution is 6.93. The Hall–Kier alpha value is -2.23. The van der Waals surface area contributed by atoms with Gasteiger partial charge in [-0.25, -0.2) is 4.57 Å². The van der Waals surface area contributed by atoms with Crippen molar-refractivity contribution in [3.63, 3.8) is 0 Å². The molecular formula is C25H29N2Si+. The third kappa shape index (κ3) is 2.94. The molecule has 1 aromatic heterocycles. The maximum absolute atomic E-state index is 3.68. The van der Waals surface area contributed by atoms with E-state index < -0.39 is 8.07 Å². The van der Waals surface area contributed by atoms with Crippen LogP contribution in [0.25, 0.3) is 22.4 Å². The lowest BCUT2D eigenvalue weighted by molar-refractivity contribution is -0.659. The van der Waals surface area contributed by atoms with Gasteiger partial charge in [0.2, 0.25) is 5.69 Å². The van der Waals surface area contributed by atoms with Gasteiger partial charge in [-0.1, -0.05) is 54.9 Å². The number of pyridine rings is 1. The predicted molar refractivity (Wildman–Crippen MR) is 119 cm³/mol. The summed E-state index contributed by atoms with van der Waals surface area (Å²) in [5.74, 6) is 0. The summed E-state index contributed by atoms with van der Waals surface area (Å²) >= 11 is 0. The Morgan fingerprint density at radius 3 is 2.61 bits per heavy atom. The molecule has 28 heavy (non-hydrogen) atoms. The number of fused-ring (bicyclic) bond motifs is 2. The van der Waals surface area contributed by atoms with Crippen LogP contribution in [0.15, 0.2) is 60.8 Å². The molecule has 0 aliphatic carbocycles. The molecule has 1 N–H and O–H groups in total. The van der Waals surface area contributed by atoms with E-state index in [9.17, 15) is 0 Å². The Kier molecular flexibility index (Phi) is 4.45. The Morgan fingerprint density at radius 1 is 0.964 bits per heavy atom. The summed E-state index contributed by atoms with van der Waals surface area (Å²) in [4.78, 5) is 0. The molecule has 5 rings (SSSR count). The fourth-order valence-electron chi connectivity index (χ4n) is 5.29. The molecule has 1 saturated heterocycles. The minimum Gasteiger partial charge on any atom is -0.319 e. The third-order valence-corrected chi connectivity index (χ3v) is 11.9. The number of aryl methyl sites for hydroxylation is 3. The second-order valence-electron chi connectivity index (χ2n) is 8.66. The molecule has 0 saturated carbocycles. The van der Waals surface area contributed by atoms with Crippen LogP contribution in [0.1, 0.15) is 17.5 Å². The van der Waals surface area contributed by atoms with Crippen LogP contribution in [-0.2, 0) is 13.5 Å². The first-order valence-corrected chi connectivity index (χ1v) is 13.2. The molecule has 0 radical (unpaired) electrons. The number of aromatic nitrogens is 1. The Bertz CT molecular complexity index is 1020. The summed E-state index contributed by atoms with van der Waals surface area (Å²) in [6, 6.07) is 23.0. The van der Waals surface area contributed by atoms with Crippen LogP contribution in [0.3, 0.4) is 0 Å². The summed E-state index contributed by atoms with van der Waals surface area (Å²) in [5, 5.41) is 5.41. The van der Waals surface area contributed by atoms with E-state index in [2.05, 4.69) is 84.6 Å². The molecule has 0 bridgehead atoms. The highest BCUT2D eigenvalue weighted by Gasteiger charge is 2.43. The van der Waals surface area contributed by atoms with Crippen LogP contribution in [0.4, 0.5) is 0 Å². The van der Waals surface area contributed by atoms with E-state index in [0.717, 1.165) is 0 Å². The van der Waals surface area contributed by atoms with E-state index in [1.54, 1.807) is 10.8 Å². The normalized spacial score (nSPS) is 21.1. The molecular weight excluding hydrogens is 356 g/mol. The van der Waals surface area contributed by atoms with Crippen LogP contribution in [0.2, 0.25) is 12.1 Å². The van der Waals surface area contributed by atoms with Gasteiger partial charge in [0.05, 0.1) is 0 Å². The van der Waals surface area contributed by atoms with Gasteiger partial charge in [-0.15, -0.1) is 0 Å². The number of benzene rings is 2. The molecule has 2 nitrogen and oxygen atoms in total. The minimum absolute atomic E-state index is 1.22. The van der Waals surface area contributed by atoms with Crippen LogP contribution < -0.4 is 15.1 Å². The first-order chi connectivity index (χ1) is 13.7. The molecule has 1 atom stereocenters. The Labute approximate surface area is 169 Å². The van der Waals surface area contributed by atoms with Crippen LogP contribution >= 0.6 is 0 Å². The molecule has 3 aromatic rings. The third-order valence-electron chi connectivity index (χ3n) is 6.90. The first-order valence-electron chi connectivity index (χ1n) is 10.6. The van der Waals surface area contributed by atoms with Crippen molar-refractivity contribution >= 4 is 13.3 Å².